The van der Waals surface area contributed by atoms with E-state index in [4.69, 9.17) is 5.73 Å². The Balaban J connectivity index is 4.67. The Morgan fingerprint density at radius 2 is 1.80 bits per heavy atom. The van der Waals surface area contributed by atoms with E-state index in [1.54, 1.807) is 0 Å². The molecule has 0 bridgehead atoms. The summed E-state index contributed by atoms with van der Waals surface area (Å²) in [7, 11) is 2.05. The second-order valence-corrected chi connectivity index (χ2v) is 5.35. The van der Waals surface area contributed by atoms with Crippen LogP contribution in [0.15, 0.2) is 0 Å². The predicted molar refractivity (Wildman–Crippen MR) is 65.8 cm³/mol. The Labute approximate surface area is 94.6 Å². The standard InChI is InChI=1S/C12H28N2O/c1-7-12(4,5)14(6)10(8-15)11(13)9(2)3/h9-11,15H,7-8,13H2,1-6H3. The number of aliphatic hydroxyl groups is 1. The van der Waals surface area contributed by atoms with Gasteiger partial charge < -0.3 is 10.8 Å². The molecule has 3 N–H and O–H groups in total. The van der Waals surface area contributed by atoms with E-state index in [9.17, 15) is 5.11 Å². The van der Waals surface area contributed by atoms with E-state index in [1.807, 2.05) is 7.05 Å². The molecule has 0 aliphatic rings. The number of nitrogens with two attached hydrogens (primary N) is 1. The Morgan fingerprint density at radius 1 is 1.33 bits per heavy atom. The average Bonchev–Trinajstić information content (AvgIpc) is 2.18. The summed E-state index contributed by atoms with van der Waals surface area (Å²) < 4.78 is 0. The summed E-state index contributed by atoms with van der Waals surface area (Å²) in [6.45, 7) is 10.8. The van der Waals surface area contributed by atoms with Gasteiger partial charge in [0, 0.05) is 17.6 Å². The van der Waals surface area contributed by atoms with Crippen molar-refractivity contribution in [2.75, 3.05) is 13.7 Å². The number of rotatable bonds is 6. The number of hydrogen-bond acceptors (Lipinski definition) is 3. The van der Waals surface area contributed by atoms with Gasteiger partial charge in [-0.1, -0.05) is 20.8 Å². The zero-order valence-electron chi connectivity index (χ0n) is 11.1. The fourth-order valence-electron chi connectivity index (χ4n) is 1.64. The van der Waals surface area contributed by atoms with Crippen molar-refractivity contribution < 1.29 is 5.11 Å². The molecule has 0 fully saturated rings. The van der Waals surface area contributed by atoms with E-state index in [-0.39, 0.29) is 24.2 Å². The first kappa shape index (κ1) is 14.9. The minimum absolute atomic E-state index is 0.0193. The first-order chi connectivity index (χ1) is 6.77. The molecule has 0 aliphatic heterocycles. The summed E-state index contributed by atoms with van der Waals surface area (Å²) in [5.74, 6) is 0.386. The third-order valence-electron chi connectivity index (χ3n) is 3.72. The third-order valence-corrected chi connectivity index (χ3v) is 3.72. The van der Waals surface area contributed by atoms with Gasteiger partial charge in [0.05, 0.1) is 6.61 Å². The molecule has 2 atom stereocenters. The topological polar surface area (TPSA) is 49.5 Å². The van der Waals surface area contributed by atoms with Crippen LogP contribution in [0.4, 0.5) is 0 Å². The van der Waals surface area contributed by atoms with Gasteiger partial charge in [-0.2, -0.15) is 0 Å². The monoisotopic (exact) mass is 216 g/mol. The van der Waals surface area contributed by atoms with Crippen LogP contribution in [-0.2, 0) is 0 Å². The van der Waals surface area contributed by atoms with Crippen molar-refractivity contribution in [3.05, 3.63) is 0 Å². The smallest absolute Gasteiger partial charge is 0.0602 e. The van der Waals surface area contributed by atoms with Crippen LogP contribution in [0.2, 0.25) is 0 Å². The van der Waals surface area contributed by atoms with Gasteiger partial charge in [0.1, 0.15) is 0 Å². The van der Waals surface area contributed by atoms with Crippen molar-refractivity contribution in [2.45, 2.75) is 58.7 Å². The highest BCUT2D eigenvalue weighted by atomic mass is 16.3. The van der Waals surface area contributed by atoms with E-state index in [0.717, 1.165) is 6.42 Å². The lowest BCUT2D eigenvalue weighted by atomic mass is 9.91. The SMILES string of the molecule is CCC(C)(C)N(C)C(CO)C(N)C(C)C. The molecule has 3 heteroatoms. The van der Waals surface area contributed by atoms with Gasteiger partial charge in [-0.15, -0.1) is 0 Å². The molecule has 92 valence electrons. The summed E-state index contributed by atoms with van der Waals surface area (Å²) in [6.07, 6.45) is 1.05. The van der Waals surface area contributed by atoms with E-state index in [0.29, 0.717) is 5.92 Å². The number of aliphatic hydroxyl groups excluding tert-OH is 1. The summed E-state index contributed by atoms with van der Waals surface area (Å²) in [5.41, 5.74) is 6.21. The van der Waals surface area contributed by atoms with Crippen molar-refractivity contribution in [2.24, 2.45) is 11.7 Å². The molecular formula is C12H28N2O. The zero-order chi connectivity index (χ0) is 12.2. The highest BCUT2D eigenvalue weighted by Crippen LogP contribution is 2.22. The lowest BCUT2D eigenvalue weighted by Crippen LogP contribution is -2.57. The highest BCUT2D eigenvalue weighted by Gasteiger charge is 2.32. The summed E-state index contributed by atoms with van der Waals surface area (Å²) in [4.78, 5) is 2.21. The zero-order valence-corrected chi connectivity index (χ0v) is 11.1. The van der Waals surface area contributed by atoms with Gasteiger partial charge in [-0.05, 0) is 33.2 Å². The number of nitrogens with zero attached hydrogens (tertiary/aromatic N) is 1. The maximum Gasteiger partial charge on any atom is 0.0602 e. The molecule has 3 nitrogen and oxygen atoms in total. The normalized spacial score (nSPS) is 17.2. The van der Waals surface area contributed by atoms with Crippen LogP contribution in [0.25, 0.3) is 0 Å². The van der Waals surface area contributed by atoms with Gasteiger partial charge in [0.15, 0.2) is 0 Å². The summed E-state index contributed by atoms with van der Waals surface area (Å²) in [6, 6.07) is 0.0609. The van der Waals surface area contributed by atoms with Crippen LogP contribution >= 0.6 is 0 Å². The minimum atomic E-state index is 0.0193. The first-order valence-corrected chi connectivity index (χ1v) is 5.87. The molecule has 15 heavy (non-hydrogen) atoms. The fraction of sp³-hybridized carbons (Fsp3) is 1.00. The van der Waals surface area contributed by atoms with Crippen molar-refractivity contribution in [1.29, 1.82) is 0 Å². The lowest BCUT2D eigenvalue weighted by Gasteiger charge is -2.43. The molecule has 0 radical (unpaired) electrons. The molecule has 0 aliphatic carbocycles. The molecule has 0 aromatic rings. The molecule has 0 saturated carbocycles. The Kier molecular flexibility index (Phi) is 5.78. The predicted octanol–water partition coefficient (Wildman–Crippen LogP) is 1.45. The molecular weight excluding hydrogens is 188 g/mol. The Morgan fingerprint density at radius 3 is 2.07 bits per heavy atom. The second-order valence-electron chi connectivity index (χ2n) is 5.35. The molecule has 0 saturated heterocycles. The van der Waals surface area contributed by atoms with Crippen LogP contribution in [0, 0.1) is 5.92 Å². The molecule has 0 rings (SSSR count). The summed E-state index contributed by atoms with van der Waals surface area (Å²) in [5, 5.41) is 9.45. The van der Waals surface area contributed by atoms with Crippen LogP contribution in [-0.4, -0.2) is 41.3 Å². The van der Waals surface area contributed by atoms with Crippen molar-refractivity contribution in [1.82, 2.24) is 4.90 Å². The van der Waals surface area contributed by atoms with Gasteiger partial charge in [0.25, 0.3) is 0 Å². The number of hydrogen-bond donors (Lipinski definition) is 2. The van der Waals surface area contributed by atoms with E-state index >= 15 is 0 Å². The molecule has 0 spiro atoms. The Hall–Kier alpha value is -0.120. The van der Waals surface area contributed by atoms with Crippen molar-refractivity contribution in [3.63, 3.8) is 0 Å². The molecule has 0 aromatic carbocycles. The van der Waals surface area contributed by atoms with Gasteiger partial charge in [-0.25, -0.2) is 0 Å². The van der Waals surface area contributed by atoms with Crippen LogP contribution in [0.5, 0.6) is 0 Å². The quantitative estimate of drug-likeness (QED) is 0.706. The fourth-order valence-corrected chi connectivity index (χ4v) is 1.64. The Bertz CT molecular complexity index is 180. The third kappa shape index (κ3) is 3.74. The largest absolute Gasteiger partial charge is 0.395 e. The van der Waals surface area contributed by atoms with Gasteiger partial charge in [0.2, 0.25) is 0 Å². The van der Waals surface area contributed by atoms with Gasteiger partial charge in [-0.3, -0.25) is 4.90 Å². The van der Waals surface area contributed by atoms with Crippen LogP contribution in [0.1, 0.15) is 41.0 Å². The minimum Gasteiger partial charge on any atom is -0.395 e. The molecule has 0 amide bonds. The summed E-state index contributed by atoms with van der Waals surface area (Å²) >= 11 is 0. The average molecular weight is 216 g/mol. The van der Waals surface area contributed by atoms with E-state index in [2.05, 4.69) is 39.5 Å². The molecule has 0 aromatic heterocycles. The maximum atomic E-state index is 9.45. The maximum absolute atomic E-state index is 9.45. The van der Waals surface area contributed by atoms with E-state index in [1.165, 1.54) is 0 Å². The van der Waals surface area contributed by atoms with Crippen LogP contribution < -0.4 is 5.73 Å². The molecule has 2 unspecified atom stereocenters. The van der Waals surface area contributed by atoms with Crippen LogP contribution in [0.3, 0.4) is 0 Å². The van der Waals surface area contributed by atoms with Crippen molar-refractivity contribution in [3.8, 4) is 0 Å². The molecule has 0 heterocycles. The highest BCUT2D eigenvalue weighted by molar-refractivity contribution is 4.89. The second kappa shape index (κ2) is 5.83. The van der Waals surface area contributed by atoms with Crippen molar-refractivity contribution >= 4 is 0 Å². The number of likely N-dealkylation sites (N-methyl/N-ethyl adjacent to an activating group) is 1. The van der Waals surface area contributed by atoms with Gasteiger partial charge >= 0.3 is 0 Å². The van der Waals surface area contributed by atoms with E-state index < -0.39 is 0 Å². The lowest BCUT2D eigenvalue weighted by molar-refractivity contribution is 0.0367. The first-order valence-electron chi connectivity index (χ1n) is 5.87.